The molecule has 0 unspecified atom stereocenters. The second-order valence-corrected chi connectivity index (χ2v) is 3.90. The molecule has 0 aliphatic carbocycles. The summed E-state index contributed by atoms with van der Waals surface area (Å²) in [7, 11) is 1.80. The fraction of sp³-hybridized carbons (Fsp3) is 0.357. The molecule has 2 rings (SSSR count). The predicted octanol–water partition coefficient (Wildman–Crippen LogP) is 4.08. The van der Waals surface area contributed by atoms with Crippen LogP contribution in [0.5, 0.6) is 0 Å². The van der Waals surface area contributed by atoms with Crippen molar-refractivity contribution in [2.75, 3.05) is 0 Å². The summed E-state index contributed by atoms with van der Waals surface area (Å²) >= 11 is 0. The summed E-state index contributed by atoms with van der Waals surface area (Å²) < 4.78 is 15.3. The van der Waals surface area contributed by atoms with Crippen molar-refractivity contribution in [3.05, 3.63) is 35.8 Å². The first kappa shape index (κ1) is 13.4. The molecule has 17 heavy (non-hydrogen) atoms. The van der Waals surface area contributed by atoms with E-state index in [0.29, 0.717) is 5.52 Å². The third-order valence-corrected chi connectivity index (χ3v) is 2.44. The average molecular weight is 234 g/mol. The number of nitrogens with zero attached hydrogens (tertiary/aromatic N) is 2. The molecule has 1 aromatic heterocycles. The maximum atomic E-state index is 13.6. The fourth-order valence-electron chi connectivity index (χ4n) is 1.90. The molecule has 2 aromatic rings. The summed E-state index contributed by atoms with van der Waals surface area (Å²) in [5.41, 5.74) is 3.11. The standard InChI is InChI=1S/C12H13FN2.C2H6/c1-7(2)12-9-5-8(3)6-10(13)11(9)14-15(12)4;1-2/h5-6H,1H2,2-4H3;1-2H3. The predicted molar refractivity (Wildman–Crippen MR) is 71.5 cm³/mol. The Morgan fingerprint density at radius 1 is 1.35 bits per heavy atom. The molecule has 1 aromatic carbocycles. The molecule has 0 amide bonds. The summed E-state index contributed by atoms with van der Waals surface area (Å²) in [5.74, 6) is -0.270. The smallest absolute Gasteiger partial charge is 0.151 e. The largest absolute Gasteiger partial charge is 0.267 e. The average Bonchev–Trinajstić information content (AvgIpc) is 2.58. The first-order valence-electron chi connectivity index (χ1n) is 5.79. The van der Waals surface area contributed by atoms with Crippen LogP contribution in [0.1, 0.15) is 32.0 Å². The minimum Gasteiger partial charge on any atom is -0.267 e. The van der Waals surface area contributed by atoms with Crippen LogP contribution in [0.15, 0.2) is 18.7 Å². The molecule has 0 spiro atoms. The Morgan fingerprint density at radius 3 is 2.47 bits per heavy atom. The minimum absolute atomic E-state index is 0.270. The van der Waals surface area contributed by atoms with Crippen molar-refractivity contribution in [3.63, 3.8) is 0 Å². The molecule has 0 saturated carbocycles. The van der Waals surface area contributed by atoms with Gasteiger partial charge in [-0.25, -0.2) is 4.39 Å². The summed E-state index contributed by atoms with van der Waals surface area (Å²) in [6.07, 6.45) is 0. The third-order valence-electron chi connectivity index (χ3n) is 2.44. The van der Waals surface area contributed by atoms with Gasteiger partial charge in [0, 0.05) is 12.4 Å². The van der Waals surface area contributed by atoms with Gasteiger partial charge in [0.1, 0.15) is 5.52 Å². The molecule has 0 atom stereocenters. The first-order valence-corrected chi connectivity index (χ1v) is 5.79. The number of halogens is 1. The number of fused-ring (bicyclic) bond motifs is 1. The van der Waals surface area contributed by atoms with Crippen molar-refractivity contribution in [3.8, 4) is 0 Å². The van der Waals surface area contributed by atoms with E-state index < -0.39 is 0 Å². The van der Waals surface area contributed by atoms with Crippen LogP contribution in [0.25, 0.3) is 16.5 Å². The van der Waals surface area contributed by atoms with Crippen LogP contribution in [-0.2, 0) is 7.05 Å². The molecule has 0 radical (unpaired) electrons. The van der Waals surface area contributed by atoms with Gasteiger partial charge in [-0.1, -0.05) is 20.4 Å². The highest BCUT2D eigenvalue weighted by atomic mass is 19.1. The Morgan fingerprint density at radius 2 is 1.94 bits per heavy atom. The highest BCUT2D eigenvalue weighted by Crippen LogP contribution is 2.26. The van der Waals surface area contributed by atoms with E-state index in [1.165, 1.54) is 6.07 Å². The molecule has 2 nitrogen and oxygen atoms in total. The Kier molecular flexibility index (Phi) is 4.05. The molecule has 92 valence electrons. The van der Waals surface area contributed by atoms with Crippen LogP contribution < -0.4 is 0 Å². The summed E-state index contributed by atoms with van der Waals surface area (Å²) in [6, 6.07) is 3.44. The van der Waals surface area contributed by atoms with E-state index in [0.717, 1.165) is 22.2 Å². The zero-order chi connectivity index (χ0) is 13.2. The molecule has 0 aliphatic rings. The number of benzene rings is 1. The van der Waals surface area contributed by atoms with Crippen molar-refractivity contribution < 1.29 is 4.39 Å². The normalized spacial score (nSPS) is 10.0. The maximum absolute atomic E-state index is 13.6. The van der Waals surface area contributed by atoms with Crippen LogP contribution in [0.2, 0.25) is 0 Å². The van der Waals surface area contributed by atoms with Gasteiger partial charge in [-0.3, -0.25) is 4.68 Å². The van der Waals surface area contributed by atoms with E-state index in [9.17, 15) is 4.39 Å². The number of hydrogen-bond donors (Lipinski definition) is 0. The van der Waals surface area contributed by atoms with Gasteiger partial charge in [-0.15, -0.1) is 0 Å². The SMILES string of the molecule is C=C(C)c1c2cc(C)cc(F)c2nn1C.CC. The van der Waals surface area contributed by atoms with Gasteiger partial charge in [0.15, 0.2) is 5.82 Å². The van der Waals surface area contributed by atoms with Crippen molar-refractivity contribution >= 4 is 16.5 Å². The monoisotopic (exact) mass is 234 g/mol. The lowest BCUT2D eigenvalue weighted by Gasteiger charge is -2.00. The molecule has 0 aliphatic heterocycles. The Bertz CT molecular complexity index is 553. The molecule has 3 heteroatoms. The number of aryl methyl sites for hydroxylation is 2. The molecule has 1 heterocycles. The topological polar surface area (TPSA) is 17.8 Å². The van der Waals surface area contributed by atoms with E-state index in [1.807, 2.05) is 33.8 Å². The van der Waals surface area contributed by atoms with Crippen LogP contribution in [0.3, 0.4) is 0 Å². The highest BCUT2D eigenvalue weighted by molar-refractivity contribution is 5.90. The molecule has 0 saturated heterocycles. The quantitative estimate of drug-likeness (QED) is 0.727. The van der Waals surface area contributed by atoms with Crippen molar-refractivity contribution in [2.24, 2.45) is 7.05 Å². The zero-order valence-electron chi connectivity index (χ0n) is 11.1. The summed E-state index contributed by atoms with van der Waals surface area (Å²) in [6.45, 7) is 11.7. The number of hydrogen-bond acceptors (Lipinski definition) is 1. The first-order chi connectivity index (χ1) is 8.00. The van der Waals surface area contributed by atoms with Crippen molar-refractivity contribution in [1.82, 2.24) is 9.78 Å². The van der Waals surface area contributed by atoms with Gasteiger partial charge in [0.05, 0.1) is 5.69 Å². The maximum Gasteiger partial charge on any atom is 0.151 e. The Labute approximate surface area is 102 Å². The van der Waals surface area contributed by atoms with Gasteiger partial charge >= 0.3 is 0 Å². The molecule has 0 bridgehead atoms. The third kappa shape index (κ3) is 2.38. The van der Waals surface area contributed by atoms with E-state index in [1.54, 1.807) is 11.7 Å². The van der Waals surface area contributed by atoms with Gasteiger partial charge in [-0.05, 0) is 37.1 Å². The van der Waals surface area contributed by atoms with E-state index in [-0.39, 0.29) is 5.82 Å². The number of allylic oxidation sites excluding steroid dienone is 1. The highest BCUT2D eigenvalue weighted by Gasteiger charge is 2.13. The molecule has 0 N–H and O–H groups in total. The molecular formula is C14H19FN2. The van der Waals surface area contributed by atoms with Crippen molar-refractivity contribution in [2.45, 2.75) is 27.7 Å². The lowest BCUT2D eigenvalue weighted by molar-refractivity contribution is 0.631. The number of rotatable bonds is 1. The van der Waals surface area contributed by atoms with Gasteiger partial charge in [0.2, 0.25) is 0 Å². The van der Waals surface area contributed by atoms with Crippen molar-refractivity contribution in [1.29, 1.82) is 0 Å². The second kappa shape index (κ2) is 5.13. The lowest BCUT2D eigenvalue weighted by atomic mass is 10.1. The van der Waals surface area contributed by atoms with Gasteiger partial charge in [-0.2, -0.15) is 5.10 Å². The van der Waals surface area contributed by atoms with Crippen LogP contribution >= 0.6 is 0 Å². The molecule has 0 fully saturated rings. The Balaban J connectivity index is 0.000000686. The van der Waals surface area contributed by atoms with Crippen LogP contribution in [0, 0.1) is 12.7 Å². The van der Waals surface area contributed by atoms with Crippen LogP contribution in [0.4, 0.5) is 4.39 Å². The molecular weight excluding hydrogens is 215 g/mol. The minimum atomic E-state index is -0.270. The fourth-order valence-corrected chi connectivity index (χ4v) is 1.90. The lowest BCUT2D eigenvalue weighted by Crippen LogP contribution is -1.94. The van der Waals surface area contributed by atoms with E-state index >= 15 is 0 Å². The summed E-state index contributed by atoms with van der Waals surface area (Å²) in [4.78, 5) is 0. The van der Waals surface area contributed by atoms with Gasteiger partial charge < -0.3 is 0 Å². The van der Waals surface area contributed by atoms with E-state index in [2.05, 4.69) is 11.7 Å². The van der Waals surface area contributed by atoms with E-state index in [4.69, 9.17) is 0 Å². The number of aromatic nitrogens is 2. The summed E-state index contributed by atoms with van der Waals surface area (Å²) in [5, 5.41) is 4.99. The van der Waals surface area contributed by atoms with Gasteiger partial charge in [0.25, 0.3) is 0 Å². The second-order valence-electron chi connectivity index (χ2n) is 3.90. The van der Waals surface area contributed by atoms with Crippen LogP contribution in [-0.4, -0.2) is 9.78 Å². The Hall–Kier alpha value is -1.64. The zero-order valence-corrected chi connectivity index (χ0v) is 11.1.